The Morgan fingerprint density at radius 3 is 2.29 bits per heavy atom. The van der Waals surface area contributed by atoms with Crippen LogP contribution in [-0.4, -0.2) is 31.7 Å². The standard InChI is InChI=1S/C15H17F3N2O/c16-15(17,18)12-5-6-20(14(21)7-12)13-3-1-10(2-4-13)11-8-19-9-11/h1-4,11-12,19H,5-9H2/t12-/m0/s1. The highest BCUT2D eigenvalue weighted by Gasteiger charge is 2.44. The lowest BCUT2D eigenvalue weighted by atomic mass is 9.92. The molecule has 2 fully saturated rings. The van der Waals surface area contributed by atoms with Gasteiger partial charge in [-0.25, -0.2) is 0 Å². The summed E-state index contributed by atoms with van der Waals surface area (Å²) in [5, 5.41) is 3.19. The van der Waals surface area contributed by atoms with Gasteiger partial charge in [-0.1, -0.05) is 12.1 Å². The number of alkyl halides is 3. The minimum Gasteiger partial charge on any atom is -0.315 e. The first-order valence-electron chi connectivity index (χ1n) is 7.13. The molecule has 0 spiro atoms. The number of halogens is 3. The van der Waals surface area contributed by atoms with Gasteiger partial charge in [0.15, 0.2) is 0 Å². The molecule has 0 aliphatic carbocycles. The fraction of sp³-hybridized carbons (Fsp3) is 0.533. The van der Waals surface area contributed by atoms with E-state index in [2.05, 4.69) is 5.32 Å². The molecule has 0 bridgehead atoms. The van der Waals surface area contributed by atoms with E-state index in [0.29, 0.717) is 11.6 Å². The van der Waals surface area contributed by atoms with Gasteiger partial charge in [0.05, 0.1) is 5.92 Å². The van der Waals surface area contributed by atoms with Crippen molar-refractivity contribution >= 4 is 11.6 Å². The van der Waals surface area contributed by atoms with Crippen molar-refractivity contribution in [1.29, 1.82) is 0 Å². The molecule has 1 amide bonds. The third-order valence-electron chi connectivity index (χ3n) is 4.34. The number of hydrogen-bond donors (Lipinski definition) is 1. The second kappa shape index (κ2) is 5.33. The van der Waals surface area contributed by atoms with Gasteiger partial charge in [0.1, 0.15) is 0 Å². The Bertz CT molecular complexity index is 523. The molecule has 1 aromatic carbocycles. The van der Waals surface area contributed by atoms with E-state index >= 15 is 0 Å². The second-order valence-electron chi connectivity index (χ2n) is 5.72. The average molecular weight is 298 g/mol. The number of rotatable bonds is 2. The van der Waals surface area contributed by atoms with Crippen molar-refractivity contribution in [2.75, 3.05) is 24.5 Å². The maximum absolute atomic E-state index is 12.7. The van der Waals surface area contributed by atoms with Gasteiger partial charge >= 0.3 is 6.18 Å². The fourth-order valence-corrected chi connectivity index (χ4v) is 2.84. The largest absolute Gasteiger partial charge is 0.392 e. The smallest absolute Gasteiger partial charge is 0.315 e. The highest BCUT2D eigenvalue weighted by Crippen LogP contribution is 2.36. The Balaban J connectivity index is 1.68. The SMILES string of the molecule is O=C1C[C@@H](C(F)(F)F)CCN1c1ccc(C2CNC2)cc1. The molecule has 0 unspecified atom stereocenters. The molecule has 0 aromatic heterocycles. The second-order valence-corrected chi connectivity index (χ2v) is 5.72. The van der Waals surface area contributed by atoms with E-state index in [-0.39, 0.29) is 13.0 Å². The van der Waals surface area contributed by atoms with Crippen LogP contribution in [0.15, 0.2) is 24.3 Å². The van der Waals surface area contributed by atoms with E-state index in [9.17, 15) is 18.0 Å². The maximum atomic E-state index is 12.7. The molecule has 2 aliphatic heterocycles. The van der Waals surface area contributed by atoms with Crippen LogP contribution in [0.2, 0.25) is 0 Å². The molecule has 2 saturated heterocycles. The van der Waals surface area contributed by atoms with Gasteiger partial charge in [-0.15, -0.1) is 0 Å². The first-order valence-corrected chi connectivity index (χ1v) is 7.13. The molecule has 0 saturated carbocycles. The number of carbonyl (C=O) groups is 1. The molecule has 114 valence electrons. The normalized spacial score (nSPS) is 24.0. The quantitative estimate of drug-likeness (QED) is 0.910. The zero-order chi connectivity index (χ0) is 15.0. The summed E-state index contributed by atoms with van der Waals surface area (Å²) in [5.74, 6) is -1.44. The maximum Gasteiger partial charge on any atom is 0.392 e. The van der Waals surface area contributed by atoms with Gasteiger partial charge < -0.3 is 10.2 Å². The number of nitrogens with zero attached hydrogens (tertiary/aromatic N) is 1. The van der Waals surface area contributed by atoms with Crippen LogP contribution in [0.1, 0.15) is 24.3 Å². The van der Waals surface area contributed by atoms with Crippen LogP contribution in [-0.2, 0) is 4.79 Å². The summed E-state index contributed by atoms with van der Waals surface area (Å²) in [4.78, 5) is 13.4. The van der Waals surface area contributed by atoms with Gasteiger partial charge in [-0.2, -0.15) is 13.2 Å². The molecule has 1 atom stereocenters. The summed E-state index contributed by atoms with van der Waals surface area (Å²) in [6.45, 7) is 2.04. The monoisotopic (exact) mass is 298 g/mol. The lowest BCUT2D eigenvalue weighted by Crippen LogP contribution is -2.43. The summed E-state index contributed by atoms with van der Waals surface area (Å²) in [7, 11) is 0. The van der Waals surface area contributed by atoms with Crippen molar-refractivity contribution in [2.24, 2.45) is 5.92 Å². The van der Waals surface area contributed by atoms with Gasteiger partial charge in [0, 0.05) is 37.7 Å². The van der Waals surface area contributed by atoms with E-state index in [1.807, 2.05) is 24.3 Å². The highest BCUT2D eigenvalue weighted by molar-refractivity contribution is 5.94. The van der Waals surface area contributed by atoms with Crippen LogP contribution >= 0.6 is 0 Å². The number of nitrogens with one attached hydrogen (secondary N) is 1. The van der Waals surface area contributed by atoms with Crippen molar-refractivity contribution in [1.82, 2.24) is 5.32 Å². The molecule has 2 heterocycles. The van der Waals surface area contributed by atoms with E-state index in [1.54, 1.807) is 0 Å². The third-order valence-corrected chi connectivity index (χ3v) is 4.34. The van der Waals surface area contributed by atoms with E-state index < -0.39 is 24.4 Å². The van der Waals surface area contributed by atoms with Crippen LogP contribution in [0, 0.1) is 5.92 Å². The molecule has 21 heavy (non-hydrogen) atoms. The summed E-state index contributed by atoms with van der Waals surface area (Å²) in [5.41, 5.74) is 1.90. The number of amides is 1. The van der Waals surface area contributed by atoms with Crippen molar-refractivity contribution in [3.8, 4) is 0 Å². The zero-order valence-electron chi connectivity index (χ0n) is 11.5. The molecular formula is C15H17F3N2O. The van der Waals surface area contributed by atoms with Crippen LogP contribution in [0.25, 0.3) is 0 Å². The zero-order valence-corrected chi connectivity index (χ0v) is 11.5. The van der Waals surface area contributed by atoms with E-state index in [1.165, 1.54) is 10.5 Å². The Hall–Kier alpha value is -1.56. The lowest BCUT2D eigenvalue weighted by Gasteiger charge is -2.33. The van der Waals surface area contributed by atoms with Crippen LogP contribution < -0.4 is 10.2 Å². The lowest BCUT2D eigenvalue weighted by molar-refractivity contribution is -0.182. The number of hydrogen-bond acceptors (Lipinski definition) is 2. The first kappa shape index (κ1) is 14.4. The van der Waals surface area contributed by atoms with Gasteiger partial charge in [0.2, 0.25) is 5.91 Å². The molecule has 2 aliphatic rings. The van der Waals surface area contributed by atoms with Crippen molar-refractivity contribution < 1.29 is 18.0 Å². The summed E-state index contributed by atoms with van der Waals surface area (Å²) >= 11 is 0. The summed E-state index contributed by atoms with van der Waals surface area (Å²) in [6, 6.07) is 7.59. The topological polar surface area (TPSA) is 32.3 Å². The predicted molar refractivity (Wildman–Crippen MR) is 73.2 cm³/mol. The Labute approximate surface area is 121 Å². The predicted octanol–water partition coefficient (Wildman–Crippen LogP) is 2.68. The highest BCUT2D eigenvalue weighted by atomic mass is 19.4. The molecule has 0 radical (unpaired) electrons. The number of piperidine rings is 1. The molecule has 1 N–H and O–H groups in total. The number of carbonyl (C=O) groups excluding carboxylic acids is 1. The van der Waals surface area contributed by atoms with Crippen molar-refractivity contribution in [3.63, 3.8) is 0 Å². The Morgan fingerprint density at radius 1 is 1.14 bits per heavy atom. The average Bonchev–Trinajstić information content (AvgIpc) is 2.37. The Morgan fingerprint density at radius 2 is 1.81 bits per heavy atom. The summed E-state index contributed by atoms with van der Waals surface area (Å²) < 4.78 is 38.0. The van der Waals surface area contributed by atoms with E-state index in [0.717, 1.165) is 13.1 Å². The fourth-order valence-electron chi connectivity index (χ4n) is 2.84. The number of benzene rings is 1. The van der Waals surface area contributed by atoms with Gasteiger partial charge in [-0.3, -0.25) is 4.79 Å². The van der Waals surface area contributed by atoms with Crippen LogP contribution in [0.3, 0.4) is 0 Å². The minimum atomic E-state index is -4.27. The van der Waals surface area contributed by atoms with Crippen molar-refractivity contribution in [3.05, 3.63) is 29.8 Å². The first-order chi connectivity index (χ1) is 9.95. The molecule has 6 heteroatoms. The molecule has 1 aromatic rings. The van der Waals surface area contributed by atoms with Gasteiger partial charge in [-0.05, 0) is 24.1 Å². The van der Waals surface area contributed by atoms with Crippen LogP contribution in [0.4, 0.5) is 18.9 Å². The summed E-state index contributed by atoms with van der Waals surface area (Å²) in [6.07, 6.45) is -4.75. The van der Waals surface area contributed by atoms with Crippen molar-refractivity contribution in [2.45, 2.75) is 24.9 Å². The molecular weight excluding hydrogens is 281 g/mol. The van der Waals surface area contributed by atoms with Gasteiger partial charge in [0.25, 0.3) is 0 Å². The van der Waals surface area contributed by atoms with Crippen LogP contribution in [0.5, 0.6) is 0 Å². The molecule has 3 rings (SSSR count). The molecule has 3 nitrogen and oxygen atoms in total. The number of anilines is 1. The Kier molecular flexibility index (Phi) is 3.65. The third kappa shape index (κ3) is 2.90. The van der Waals surface area contributed by atoms with E-state index in [4.69, 9.17) is 0 Å². The minimum absolute atomic E-state index is 0.0243.